The summed E-state index contributed by atoms with van der Waals surface area (Å²) in [6.07, 6.45) is 2.64. The first-order valence-corrected chi connectivity index (χ1v) is 13.7. The second-order valence-electron chi connectivity index (χ2n) is 9.16. The molecule has 0 radical (unpaired) electrons. The monoisotopic (exact) mass is 526 g/mol. The van der Waals surface area contributed by atoms with Gasteiger partial charge in [-0.2, -0.15) is 4.31 Å². The molecule has 0 saturated carbocycles. The highest BCUT2D eigenvalue weighted by Gasteiger charge is 2.35. The van der Waals surface area contributed by atoms with Gasteiger partial charge in [0.15, 0.2) is 16.6 Å². The summed E-state index contributed by atoms with van der Waals surface area (Å²) in [5.41, 5.74) is 0.562. The molecule has 3 heterocycles. The molecule has 3 atom stereocenters. The van der Waals surface area contributed by atoms with Crippen LogP contribution in [0.25, 0.3) is 11.0 Å². The smallest absolute Gasteiger partial charge is 0.287 e. The lowest BCUT2D eigenvalue weighted by Crippen LogP contribution is -2.54. The van der Waals surface area contributed by atoms with Gasteiger partial charge in [-0.1, -0.05) is 44.5 Å². The molecular formula is C26H30N4O6S. The van der Waals surface area contributed by atoms with Crippen molar-refractivity contribution in [3.05, 3.63) is 60.5 Å². The number of nitrogens with one attached hydrogen (secondary N) is 2. The van der Waals surface area contributed by atoms with Crippen molar-refractivity contribution in [2.75, 3.05) is 13.1 Å². The SMILES string of the molecule is CCC(C)C(NC(=O)c1cc2ccccc2o1)C(=O)N[C@H]1CCCN(S(=O)(=O)c2ccccn2)CC1=O. The van der Waals surface area contributed by atoms with Crippen molar-refractivity contribution in [1.29, 1.82) is 0 Å². The van der Waals surface area contributed by atoms with Crippen molar-refractivity contribution in [2.24, 2.45) is 5.92 Å². The molecule has 0 aliphatic carbocycles. The molecular weight excluding hydrogens is 496 g/mol. The molecule has 2 N–H and O–H groups in total. The number of hydrogen-bond donors (Lipinski definition) is 2. The van der Waals surface area contributed by atoms with Gasteiger partial charge in [0, 0.05) is 18.1 Å². The lowest BCUT2D eigenvalue weighted by molar-refractivity contribution is -0.129. The minimum Gasteiger partial charge on any atom is -0.451 e. The fraction of sp³-hybridized carbons (Fsp3) is 0.385. The zero-order valence-corrected chi connectivity index (χ0v) is 21.5. The van der Waals surface area contributed by atoms with Crippen LogP contribution in [0.3, 0.4) is 0 Å². The molecule has 1 saturated heterocycles. The maximum atomic E-state index is 13.3. The van der Waals surface area contributed by atoms with E-state index in [9.17, 15) is 22.8 Å². The van der Waals surface area contributed by atoms with E-state index in [0.29, 0.717) is 18.4 Å². The maximum Gasteiger partial charge on any atom is 0.287 e. The quantitative estimate of drug-likeness (QED) is 0.460. The van der Waals surface area contributed by atoms with Crippen LogP contribution >= 0.6 is 0 Å². The highest BCUT2D eigenvalue weighted by molar-refractivity contribution is 7.89. The van der Waals surface area contributed by atoms with E-state index >= 15 is 0 Å². The molecule has 0 bridgehead atoms. The number of rotatable bonds is 8. The van der Waals surface area contributed by atoms with E-state index in [1.54, 1.807) is 30.3 Å². The Hall–Kier alpha value is -3.57. The van der Waals surface area contributed by atoms with Gasteiger partial charge in [-0.25, -0.2) is 13.4 Å². The Morgan fingerprint density at radius 2 is 1.95 bits per heavy atom. The standard InChI is InChI=1S/C26H30N4O6S/c1-3-17(2)24(29-25(32)22-15-18-9-4-5-11-21(18)36-22)26(33)28-19-10-8-14-30(16-20(19)31)37(34,35)23-12-6-7-13-27-23/h4-7,9,11-13,15,17,19,24H,3,8,10,14,16H2,1-2H3,(H,28,33)(H,29,32)/t17?,19-,24?/m0/s1. The molecule has 1 aromatic carbocycles. The molecule has 196 valence electrons. The number of fused-ring (bicyclic) bond motifs is 1. The number of aromatic nitrogens is 1. The van der Waals surface area contributed by atoms with Crippen LogP contribution in [0.2, 0.25) is 0 Å². The van der Waals surface area contributed by atoms with Crippen LogP contribution in [0.15, 0.2) is 64.2 Å². The fourth-order valence-electron chi connectivity index (χ4n) is 4.26. The van der Waals surface area contributed by atoms with E-state index in [-0.39, 0.29) is 36.2 Å². The topological polar surface area (TPSA) is 139 Å². The van der Waals surface area contributed by atoms with Gasteiger partial charge >= 0.3 is 0 Å². The third-order valence-corrected chi connectivity index (χ3v) is 8.37. The summed E-state index contributed by atoms with van der Waals surface area (Å²) < 4.78 is 32.6. The average molecular weight is 527 g/mol. The first kappa shape index (κ1) is 26.5. The average Bonchev–Trinajstić information content (AvgIpc) is 3.26. The summed E-state index contributed by atoms with van der Waals surface area (Å²) in [7, 11) is -3.94. The second kappa shape index (κ2) is 11.2. The number of carbonyl (C=O) groups is 3. The molecule has 3 aromatic rings. The van der Waals surface area contributed by atoms with E-state index in [1.165, 1.54) is 12.3 Å². The number of furan rings is 1. The highest BCUT2D eigenvalue weighted by Crippen LogP contribution is 2.20. The van der Waals surface area contributed by atoms with E-state index in [0.717, 1.165) is 9.69 Å². The molecule has 2 unspecified atom stereocenters. The molecule has 37 heavy (non-hydrogen) atoms. The summed E-state index contributed by atoms with van der Waals surface area (Å²) in [6.45, 7) is 3.49. The first-order chi connectivity index (χ1) is 17.7. The van der Waals surface area contributed by atoms with Crippen LogP contribution < -0.4 is 10.6 Å². The number of amides is 2. The number of para-hydroxylation sites is 1. The number of carbonyl (C=O) groups excluding carboxylic acids is 3. The number of hydrogen-bond acceptors (Lipinski definition) is 7. The number of sulfonamides is 1. The van der Waals surface area contributed by atoms with Crippen molar-refractivity contribution < 1.29 is 27.2 Å². The van der Waals surface area contributed by atoms with Gasteiger partial charge in [0.25, 0.3) is 15.9 Å². The van der Waals surface area contributed by atoms with Crippen LogP contribution in [0.4, 0.5) is 0 Å². The van der Waals surface area contributed by atoms with Crippen LogP contribution in [-0.2, 0) is 19.6 Å². The minimum absolute atomic E-state index is 0.0863. The Morgan fingerprint density at radius 3 is 2.65 bits per heavy atom. The molecule has 0 spiro atoms. The van der Waals surface area contributed by atoms with Crippen molar-refractivity contribution in [1.82, 2.24) is 19.9 Å². The largest absolute Gasteiger partial charge is 0.451 e. The number of Topliss-reactive ketones (excluding diaryl/α,β-unsaturated/α-hetero) is 1. The van der Waals surface area contributed by atoms with Gasteiger partial charge in [0.05, 0.1) is 12.6 Å². The number of ketones is 1. The van der Waals surface area contributed by atoms with E-state index < -0.39 is 39.7 Å². The van der Waals surface area contributed by atoms with E-state index in [4.69, 9.17) is 4.42 Å². The van der Waals surface area contributed by atoms with E-state index in [1.807, 2.05) is 26.0 Å². The van der Waals surface area contributed by atoms with Gasteiger partial charge in [-0.3, -0.25) is 14.4 Å². The molecule has 1 aliphatic heterocycles. The van der Waals surface area contributed by atoms with Crippen LogP contribution in [-0.4, -0.2) is 60.5 Å². The fourth-order valence-corrected chi connectivity index (χ4v) is 5.63. The summed E-state index contributed by atoms with van der Waals surface area (Å²) in [5, 5.41) is 6.14. The van der Waals surface area contributed by atoms with Gasteiger partial charge in [-0.05, 0) is 43.0 Å². The van der Waals surface area contributed by atoms with Crippen molar-refractivity contribution in [3.63, 3.8) is 0 Å². The van der Waals surface area contributed by atoms with Gasteiger partial charge in [0.2, 0.25) is 5.91 Å². The zero-order chi connectivity index (χ0) is 26.6. The molecule has 1 aliphatic rings. The second-order valence-corrected chi connectivity index (χ2v) is 11.0. The van der Waals surface area contributed by atoms with Crippen molar-refractivity contribution in [3.8, 4) is 0 Å². The van der Waals surface area contributed by atoms with Crippen molar-refractivity contribution >= 4 is 38.6 Å². The number of nitrogens with zero attached hydrogens (tertiary/aromatic N) is 2. The lowest BCUT2D eigenvalue weighted by atomic mass is 9.97. The Kier molecular flexibility index (Phi) is 8.03. The molecule has 4 rings (SSSR count). The number of benzene rings is 1. The molecule has 2 aromatic heterocycles. The van der Waals surface area contributed by atoms with Crippen molar-refractivity contribution in [2.45, 2.75) is 50.2 Å². The molecule has 11 heteroatoms. The number of pyridine rings is 1. The van der Waals surface area contributed by atoms with Gasteiger partial charge < -0.3 is 15.1 Å². The van der Waals surface area contributed by atoms with Crippen LogP contribution in [0.5, 0.6) is 0 Å². The van der Waals surface area contributed by atoms with Crippen LogP contribution in [0, 0.1) is 5.92 Å². The minimum atomic E-state index is -3.94. The van der Waals surface area contributed by atoms with Gasteiger partial charge in [-0.15, -0.1) is 0 Å². The Labute approximate surface area is 215 Å². The predicted molar refractivity (Wildman–Crippen MR) is 136 cm³/mol. The summed E-state index contributed by atoms with van der Waals surface area (Å²) in [6, 6.07) is 11.6. The summed E-state index contributed by atoms with van der Waals surface area (Å²) in [5.74, 6) is -1.59. The third-order valence-electron chi connectivity index (χ3n) is 6.61. The first-order valence-electron chi connectivity index (χ1n) is 12.2. The van der Waals surface area contributed by atoms with E-state index in [2.05, 4.69) is 15.6 Å². The Balaban J connectivity index is 1.45. The lowest BCUT2D eigenvalue weighted by Gasteiger charge is -2.25. The summed E-state index contributed by atoms with van der Waals surface area (Å²) >= 11 is 0. The Morgan fingerprint density at radius 1 is 1.19 bits per heavy atom. The summed E-state index contributed by atoms with van der Waals surface area (Å²) in [4.78, 5) is 43.1. The predicted octanol–water partition coefficient (Wildman–Crippen LogP) is 2.51. The third kappa shape index (κ3) is 5.89. The van der Waals surface area contributed by atoms with Crippen LogP contribution in [0.1, 0.15) is 43.7 Å². The molecule has 10 nitrogen and oxygen atoms in total. The molecule has 1 fully saturated rings. The molecule has 2 amide bonds. The Bertz CT molecular complexity index is 1360. The maximum absolute atomic E-state index is 13.3. The van der Waals surface area contributed by atoms with Gasteiger partial charge in [0.1, 0.15) is 11.6 Å². The zero-order valence-electron chi connectivity index (χ0n) is 20.7. The highest BCUT2D eigenvalue weighted by atomic mass is 32.2. The normalized spacial score (nSPS) is 18.6.